The molecular formula is C10H9FN2O. The van der Waals surface area contributed by atoms with Crippen LogP contribution in [0.1, 0.15) is 11.4 Å². The number of benzene rings is 1. The minimum absolute atomic E-state index is 0.218. The lowest BCUT2D eigenvalue weighted by molar-refractivity contribution is 0.628. The summed E-state index contributed by atoms with van der Waals surface area (Å²) in [4.78, 5) is 18.2. The van der Waals surface area contributed by atoms with Crippen molar-refractivity contribution in [3.8, 4) is 0 Å². The average Bonchev–Trinajstić information content (AvgIpc) is 1.99. The largest absolute Gasteiger partial charge is 0.310 e. The lowest BCUT2D eigenvalue weighted by atomic mass is 10.1. The first kappa shape index (κ1) is 8.87. The Balaban J connectivity index is 3.02. The molecule has 14 heavy (non-hydrogen) atoms. The summed E-state index contributed by atoms with van der Waals surface area (Å²) in [5.41, 5.74) is 0.794. The Morgan fingerprint density at radius 3 is 2.79 bits per heavy atom. The topological polar surface area (TPSA) is 45.8 Å². The van der Waals surface area contributed by atoms with Crippen molar-refractivity contribution in [1.29, 1.82) is 0 Å². The molecule has 1 heterocycles. The first-order chi connectivity index (χ1) is 6.58. The number of aromatic amines is 1. The zero-order valence-electron chi connectivity index (χ0n) is 7.89. The monoisotopic (exact) mass is 192 g/mol. The molecule has 2 rings (SSSR count). The first-order valence-electron chi connectivity index (χ1n) is 4.25. The maximum absolute atomic E-state index is 13.0. The number of aromatic nitrogens is 2. The van der Waals surface area contributed by atoms with E-state index in [1.165, 1.54) is 12.1 Å². The summed E-state index contributed by atoms with van der Waals surface area (Å²) in [6, 6.07) is 2.60. The lowest BCUT2D eigenvalue weighted by Gasteiger charge is -2.01. The van der Waals surface area contributed by atoms with Gasteiger partial charge in [0, 0.05) is 6.07 Å². The predicted octanol–water partition coefficient (Wildman–Crippen LogP) is 1.68. The molecule has 0 fully saturated rings. The van der Waals surface area contributed by atoms with Gasteiger partial charge in [-0.15, -0.1) is 0 Å². The van der Waals surface area contributed by atoms with Crippen molar-refractivity contribution in [2.75, 3.05) is 0 Å². The van der Waals surface area contributed by atoms with Gasteiger partial charge in [0.1, 0.15) is 11.6 Å². The highest BCUT2D eigenvalue weighted by Crippen LogP contribution is 2.14. The van der Waals surface area contributed by atoms with Crippen LogP contribution in [0.25, 0.3) is 10.9 Å². The molecular weight excluding hydrogens is 183 g/mol. The molecule has 0 aliphatic heterocycles. The van der Waals surface area contributed by atoms with Crippen LogP contribution in [0.3, 0.4) is 0 Å². The molecule has 0 radical (unpaired) electrons. The van der Waals surface area contributed by atoms with Gasteiger partial charge in [0.2, 0.25) is 0 Å². The van der Waals surface area contributed by atoms with Gasteiger partial charge in [-0.2, -0.15) is 0 Å². The molecule has 0 unspecified atom stereocenters. The third-order valence-electron chi connectivity index (χ3n) is 2.09. The zero-order chi connectivity index (χ0) is 10.3. The van der Waals surface area contributed by atoms with Crippen molar-refractivity contribution in [2.45, 2.75) is 13.8 Å². The molecule has 0 atom stereocenters. The molecule has 0 saturated heterocycles. The van der Waals surface area contributed by atoms with E-state index in [1.54, 1.807) is 13.8 Å². The Hall–Kier alpha value is -1.71. The molecule has 0 bridgehead atoms. The summed E-state index contributed by atoms with van der Waals surface area (Å²) in [7, 11) is 0. The van der Waals surface area contributed by atoms with Gasteiger partial charge in [-0.3, -0.25) is 4.79 Å². The van der Waals surface area contributed by atoms with Gasteiger partial charge in [-0.25, -0.2) is 9.37 Å². The number of H-pyrrole nitrogens is 1. The van der Waals surface area contributed by atoms with E-state index in [0.29, 0.717) is 22.3 Å². The Bertz CT molecular complexity index is 555. The Morgan fingerprint density at radius 1 is 1.36 bits per heavy atom. The fourth-order valence-corrected chi connectivity index (χ4v) is 1.54. The number of nitrogens with one attached hydrogen (secondary N) is 1. The van der Waals surface area contributed by atoms with Crippen LogP contribution in [0.4, 0.5) is 4.39 Å². The number of aryl methyl sites for hydroxylation is 2. The fourth-order valence-electron chi connectivity index (χ4n) is 1.54. The van der Waals surface area contributed by atoms with Crippen LogP contribution in [-0.4, -0.2) is 9.97 Å². The van der Waals surface area contributed by atoms with Crippen molar-refractivity contribution >= 4 is 10.9 Å². The van der Waals surface area contributed by atoms with E-state index in [2.05, 4.69) is 9.97 Å². The van der Waals surface area contributed by atoms with E-state index >= 15 is 0 Å². The number of rotatable bonds is 0. The Morgan fingerprint density at radius 2 is 2.07 bits per heavy atom. The second kappa shape index (κ2) is 2.90. The van der Waals surface area contributed by atoms with Crippen LogP contribution in [0.5, 0.6) is 0 Å². The molecule has 1 aromatic carbocycles. The summed E-state index contributed by atoms with van der Waals surface area (Å²) in [5, 5.41) is 0.456. The van der Waals surface area contributed by atoms with Crippen LogP contribution in [0.15, 0.2) is 16.9 Å². The van der Waals surface area contributed by atoms with Gasteiger partial charge in [0.05, 0.1) is 10.9 Å². The number of halogens is 1. The van der Waals surface area contributed by atoms with Crippen molar-refractivity contribution in [3.05, 3.63) is 39.7 Å². The number of hydrogen-bond acceptors (Lipinski definition) is 2. The minimum Gasteiger partial charge on any atom is -0.310 e. The molecule has 72 valence electrons. The van der Waals surface area contributed by atoms with Crippen molar-refractivity contribution in [1.82, 2.24) is 9.97 Å². The third-order valence-corrected chi connectivity index (χ3v) is 2.09. The lowest BCUT2D eigenvalue weighted by Crippen LogP contribution is -2.11. The summed E-state index contributed by atoms with van der Waals surface area (Å²) in [6.45, 7) is 3.36. The van der Waals surface area contributed by atoms with Crippen molar-refractivity contribution < 1.29 is 4.39 Å². The standard InChI is InChI=1S/C10H9FN2O/c1-5-3-7(11)4-8-9(5)10(14)13-6(2)12-8/h3-4H,1-2H3,(H,12,13,14). The van der Waals surface area contributed by atoms with Crippen molar-refractivity contribution in [2.24, 2.45) is 0 Å². The average molecular weight is 192 g/mol. The van der Waals surface area contributed by atoms with E-state index in [-0.39, 0.29) is 11.4 Å². The molecule has 4 heteroatoms. The molecule has 0 aliphatic rings. The number of hydrogen-bond donors (Lipinski definition) is 1. The van der Waals surface area contributed by atoms with Crippen molar-refractivity contribution in [3.63, 3.8) is 0 Å². The summed E-state index contributed by atoms with van der Waals surface area (Å²) in [5.74, 6) is 0.125. The maximum atomic E-state index is 13.0. The van der Waals surface area contributed by atoms with Crippen LogP contribution in [-0.2, 0) is 0 Å². The molecule has 0 spiro atoms. The first-order valence-corrected chi connectivity index (χ1v) is 4.25. The molecule has 1 N–H and O–H groups in total. The summed E-state index contributed by atoms with van der Waals surface area (Å²) < 4.78 is 13.0. The number of fused-ring (bicyclic) bond motifs is 1. The second-order valence-electron chi connectivity index (χ2n) is 3.27. The van der Waals surface area contributed by atoms with Gasteiger partial charge in [0.15, 0.2) is 0 Å². The van der Waals surface area contributed by atoms with Crippen LogP contribution < -0.4 is 5.56 Å². The van der Waals surface area contributed by atoms with Gasteiger partial charge in [-0.05, 0) is 25.5 Å². The van der Waals surface area contributed by atoms with Crippen LogP contribution in [0, 0.1) is 19.7 Å². The molecule has 0 amide bonds. The quantitative estimate of drug-likeness (QED) is 0.690. The predicted molar refractivity (Wildman–Crippen MR) is 51.8 cm³/mol. The molecule has 2 aromatic rings. The molecule has 0 saturated carbocycles. The smallest absolute Gasteiger partial charge is 0.259 e. The third kappa shape index (κ3) is 1.28. The van der Waals surface area contributed by atoms with E-state index < -0.39 is 0 Å². The minimum atomic E-state index is -0.368. The zero-order valence-corrected chi connectivity index (χ0v) is 7.89. The SMILES string of the molecule is Cc1nc2cc(F)cc(C)c2c(=O)[nH]1. The Kier molecular flexibility index (Phi) is 1.84. The fraction of sp³-hybridized carbons (Fsp3) is 0.200. The summed E-state index contributed by atoms with van der Waals surface area (Å²) >= 11 is 0. The summed E-state index contributed by atoms with van der Waals surface area (Å²) in [6.07, 6.45) is 0. The Labute approximate surface area is 79.6 Å². The highest BCUT2D eigenvalue weighted by molar-refractivity contribution is 5.80. The van der Waals surface area contributed by atoms with Crippen LogP contribution >= 0.6 is 0 Å². The highest BCUT2D eigenvalue weighted by Gasteiger charge is 2.06. The highest BCUT2D eigenvalue weighted by atomic mass is 19.1. The van der Waals surface area contributed by atoms with E-state index in [9.17, 15) is 9.18 Å². The van der Waals surface area contributed by atoms with E-state index in [1.807, 2.05) is 0 Å². The van der Waals surface area contributed by atoms with Gasteiger partial charge in [-0.1, -0.05) is 0 Å². The molecule has 0 aliphatic carbocycles. The van der Waals surface area contributed by atoms with E-state index in [0.717, 1.165) is 0 Å². The van der Waals surface area contributed by atoms with Gasteiger partial charge >= 0.3 is 0 Å². The number of nitrogens with zero attached hydrogens (tertiary/aromatic N) is 1. The maximum Gasteiger partial charge on any atom is 0.259 e. The normalized spacial score (nSPS) is 10.8. The van der Waals surface area contributed by atoms with E-state index in [4.69, 9.17) is 0 Å². The van der Waals surface area contributed by atoms with Crippen LogP contribution in [0.2, 0.25) is 0 Å². The molecule has 3 nitrogen and oxygen atoms in total. The molecule has 1 aromatic heterocycles. The second-order valence-corrected chi connectivity index (χ2v) is 3.27. The van der Waals surface area contributed by atoms with Gasteiger partial charge in [0.25, 0.3) is 5.56 Å². The van der Waals surface area contributed by atoms with Gasteiger partial charge < -0.3 is 4.98 Å².